The van der Waals surface area contributed by atoms with Gasteiger partial charge in [-0.2, -0.15) is 0 Å². The van der Waals surface area contributed by atoms with Crippen LogP contribution in [0.2, 0.25) is 0 Å². The van der Waals surface area contributed by atoms with Gasteiger partial charge in [0.15, 0.2) is 0 Å². The molecule has 0 aliphatic rings. The average Bonchev–Trinajstić information content (AvgIpc) is 2.90. The van der Waals surface area contributed by atoms with Crippen LogP contribution >= 0.6 is 12.6 Å². The molecule has 22 heavy (non-hydrogen) atoms. The van der Waals surface area contributed by atoms with Gasteiger partial charge in [-0.15, -0.1) is 12.6 Å². The second-order valence-electron chi connectivity index (χ2n) is 5.39. The Bertz CT molecular complexity index is 823. The largest absolute Gasteiger partial charge is 0.361 e. The van der Waals surface area contributed by atoms with Crippen molar-refractivity contribution in [1.29, 1.82) is 0 Å². The highest BCUT2D eigenvalue weighted by Crippen LogP contribution is 2.20. The van der Waals surface area contributed by atoms with Gasteiger partial charge in [-0.25, -0.2) is 0 Å². The van der Waals surface area contributed by atoms with Gasteiger partial charge in [0.05, 0.1) is 5.56 Å². The third-order valence-electron chi connectivity index (χ3n) is 3.75. The number of rotatable bonds is 4. The third kappa shape index (κ3) is 3.02. The molecule has 0 saturated carbocycles. The van der Waals surface area contributed by atoms with E-state index < -0.39 is 0 Å². The maximum Gasteiger partial charge on any atom is 0.252 e. The van der Waals surface area contributed by atoms with Gasteiger partial charge in [0.25, 0.3) is 5.91 Å². The van der Waals surface area contributed by atoms with Gasteiger partial charge in [0, 0.05) is 28.5 Å². The van der Waals surface area contributed by atoms with Gasteiger partial charge in [0.1, 0.15) is 0 Å². The molecule has 0 bridgehead atoms. The summed E-state index contributed by atoms with van der Waals surface area (Å²) in [6.45, 7) is 2.68. The van der Waals surface area contributed by atoms with E-state index in [1.807, 2.05) is 24.4 Å². The molecule has 112 valence electrons. The summed E-state index contributed by atoms with van der Waals surface area (Å²) in [6, 6.07) is 13.7. The quantitative estimate of drug-likeness (QED) is 0.632. The normalized spacial score (nSPS) is 10.8. The highest BCUT2D eigenvalue weighted by Gasteiger charge is 2.09. The Morgan fingerprint density at radius 1 is 1.23 bits per heavy atom. The highest BCUT2D eigenvalue weighted by atomic mass is 32.1. The third-order valence-corrected chi connectivity index (χ3v) is 4.14. The van der Waals surface area contributed by atoms with Gasteiger partial charge in [-0.1, -0.05) is 23.8 Å². The predicted molar refractivity (Wildman–Crippen MR) is 92.8 cm³/mol. The number of aromatic nitrogens is 1. The average molecular weight is 310 g/mol. The van der Waals surface area contributed by atoms with Crippen LogP contribution in [0, 0.1) is 6.92 Å². The summed E-state index contributed by atoms with van der Waals surface area (Å²) in [7, 11) is 0. The van der Waals surface area contributed by atoms with Crippen molar-refractivity contribution in [1.82, 2.24) is 10.3 Å². The van der Waals surface area contributed by atoms with E-state index in [9.17, 15) is 4.79 Å². The fourth-order valence-corrected chi connectivity index (χ4v) is 2.83. The molecular formula is C18H18N2OS. The summed E-state index contributed by atoms with van der Waals surface area (Å²) in [6.07, 6.45) is 2.81. The molecule has 0 spiro atoms. The number of aryl methyl sites for hydroxylation is 1. The van der Waals surface area contributed by atoms with Gasteiger partial charge in [-0.05, 0) is 43.2 Å². The minimum Gasteiger partial charge on any atom is -0.361 e. The van der Waals surface area contributed by atoms with Crippen molar-refractivity contribution in [3.05, 3.63) is 65.4 Å². The van der Waals surface area contributed by atoms with Crippen molar-refractivity contribution < 1.29 is 4.79 Å². The molecule has 0 saturated heterocycles. The summed E-state index contributed by atoms with van der Waals surface area (Å²) in [5.74, 6) is -0.0818. The minimum absolute atomic E-state index is 0.0818. The number of amides is 1. The van der Waals surface area contributed by atoms with E-state index in [1.165, 1.54) is 16.5 Å². The molecule has 1 amide bonds. The van der Waals surface area contributed by atoms with Gasteiger partial charge < -0.3 is 10.3 Å². The fourth-order valence-electron chi connectivity index (χ4n) is 2.57. The second-order valence-corrected chi connectivity index (χ2v) is 5.87. The number of benzene rings is 2. The molecule has 0 aliphatic carbocycles. The molecule has 0 unspecified atom stereocenters. The standard InChI is InChI=1S/C18H18N2OS/c1-12-6-7-16-15(10-12)13(11-20-16)8-9-19-18(21)14-4-2-3-5-17(14)22/h2-7,10-11,20,22H,8-9H2,1H3,(H,19,21). The van der Waals surface area contributed by atoms with E-state index >= 15 is 0 Å². The summed E-state index contributed by atoms with van der Waals surface area (Å²) >= 11 is 4.31. The monoisotopic (exact) mass is 310 g/mol. The molecule has 0 fully saturated rings. The van der Waals surface area contributed by atoms with Gasteiger partial charge in [0.2, 0.25) is 0 Å². The molecule has 2 N–H and O–H groups in total. The van der Waals surface area contributed by atoms with Crippen molar-refractivity contribution in [2.45, 2.75) is 18.2 Å². The summed E-state index contributed by atoms with van der Waals surface area (Å²) in [4.78, 5) is 16.1. The first-order chi connectivity index (χ1) is 10.6. The van der Waals surface area contributed by atoms with Crippen molar-refractivity contribution in [2.24, 2.45) is 0 Å². The maximum atomic E-state index is 12.1. The molecule has 1 heterocycles. The van der Waals surface area contributed by atoms with Crippen LogP contribution in [0.1, 0.15) is 21.5 Å². The van der Waals surface area contributed by atoms with E-state index in [0.717, 1.165) is 11.9 Å². The smallest absolute Gasteiger partial charge is 0.252 e. The number of thiol groups is 1. The lowest BCUT2D eigenvalue weighted by Gasteiger charge is -2.07. The Labute approximate surface area is 135 Å². The number of nitrogens with one attached hydrogen (secondary N) is 2. The molecule has 3 aromatic rings. The number of carbonyl (C=O) groups is 1. The Morgan fingerprint density at radius 3 is 2.86 bits per heavy atom. The van der Waals surface area contributed by atoms with Crippen LogP contribution in [0.15, 0.2) is 53.6 Å². The summed E-state index contributed by atoms with van der Waals surface area (Å²) in [5.41, 5.74) is 4.20. The molecule has 1 aromatic heterocycles. The Hall–Kier alpha value is -2.20. The predicted octanol–water partition coefficient (Wildman–Crippen LogP) is 3.74. The van der Waals surface area contributed by atoms with Crippen molar-refractivity contribution in [3.63, 3.8) is 0 Å². The van der Waals surface area contributed by atoms with Crippen LogP contribution in [0.25, 0.3) is 10.9 Å². The highest BCUT2D eigenvalue weighted by molar-refractivity contribution is 7.80. The Kier molecular flexibility index (Phi) is 4.20. The number of hydrogen-bond donors (Lipinski definition) is 3. The molecule has 0 aliphatic heterocycles. The Morgan fingerprint density at radius 2 is 2.05 bits per heavy atom. The van der Waals surface area contributed by atoms with Crippen LogP contribution in [-0.2, 0) is 6.42 Å². The topological polar surface area (TPSA) is 44.9 Å². The number of hydrogen-bond acceptors (Lipinski definition) is 2. The number of fused-ring (bicyclic) bond motifs is 1. The maximum absolute atomic E-state index is 12.1. The fraction of sp³-hybridized carbons (Fsp3) is 0.167. The lowest BCUT2D eigenvalue weighted by atomic mass is 10.1. The molecule has 0 atom stereocenters. The molecule has 4 heteroatoms. The lowest BCUT2D eigenvalue weighted by Crippen LogP contribution is -2.26. The zero-order valence-electron chi connectivity index (χ0n) is 12.4. The minimum atomic E-state index is -0.0818. The number of H-pyrrole nitrogens is 1. The van der Waals surface area contributed by atoms with E-state index in [0.29, 0.717) is 17.0 Å². The van der Waals surface area contributed by atoms with Crippen LogP contribution in [0.4, 0.5) is 0 Å². The van der Waals surface area contributed by atoms with E-state index in [4.69, 9.17) is 0 Å². The van der Waals surface area contributed by atoms with Gasteiger partial charge in [-0.3, -0.25) is 4.79 Å². The molecule has 2 aromatic carbocycles. The first kappa shape index (κ1) is 14.7. The zero-order chi connectivity index (χ0) is 15.5. The van der Waals surface area contributed by atoms with Crippen molar-refractivity contribution in [2.75, 3.05) is 6.54 Å². The van der Waals surface area contributed by atoms with Crippen LogP contribution < -0.4 is 5.32 Å². The van der Waals surface area contributed by atoms with Gasteiger partial charge >= 0.3 is 0 Å². The molecule has 3 nitrogen and oxygen atoms in total. The number of carbonyl (C=O) groups excluding carboxylic acids is 1. The number of aromatic amines is 1. The van der Waals surface area contributed by atoms with Crippen molar-refractivity contribution >= 4 is 29.4 Å². The van der Waals surface area contributed by atoms with E-state index in [2.05, 4.69) is 48.1 Å². The van der Waals surface area contributed by atoms with Crippen molar-refractivity contribution in [3.8, 4) is 0 Å². The summed E-state index contributed by atoms with van der Waals surface area (Å²) in [5, 5.41) is 4.18. The van der Waals surface area contributed by atoms with Crippen LogP contribution in [0.5, 0.6) is 0 Å². The second kappa shape index (κ2) is 6.28. The molecule has 3 rings (SSSR count). The first-order valence-corrected chi connectivity index (χ1v) is 7.72. The molecule has 0 radical (unpaired) electrons. The van der Waals surface area contributed by atoms with Crippen LogP contribution in [-0.4, -0.2) is 17.4 Å². The molecular weight excluding hydrogens is 292 g/mol. The van der Waals surface area contributed by atoms with E-state index in [1.54, 1.807) is 6.07 Å². The lowest BCUT2D eigenvalue weighted by molar-refractivity contribution is 0.0951. The van der Waals surface area contributed by atoms with E-state index in [-0.39, 0.29) is 5.91 Å². The van der Waals surface area contributed by atoms with Crippen LogP contribution in [0.3, 0.4) is 0 Å². The Balaban J connectivity index is 1.66. The SMILES string of the molecule is Cc1ccc2[nH]cc(CCNC(=O)c3ccccc3S)c2c1. The zero-order valence-corrected chi connectivity index (χ0v) is 13.3. The summed E-state index contributed by atoms with van der Waals surface area (Å²) < 4.78 is 0. The first-order valence-electron chi connectivity index (χ1n) is 7.28.